The minimum atomic E-state index is -0.454. The van der Waals surface area contributed by atoms with Gasteiger partial charge in [-0.15, -0.1) is 0 Å². The Bertz CT molecular complexity index is 510. The maximum absolute atomic E-state index is 11.8. The first-order valence-electron chi connectivity index (χ1n) is 6.44. The van der Waals surface area contributed by atoms with Gasteiger partial charge in [0.15, 0.2) is 0 Å². The number of carbonyl (C=O) groups is 1. The van der Waals surface area contributed by atoms with Crippen molar-refractivity contribution in [1.29, 1.82) is 0 Å². The Morgan fingerprint density at radius 3 is 2.65 bits per heavy atom. The number of rotatable bonds is 2. The zero-order chi connectivity index (χ0) is 14.9. The highest BCUT2D eigenvalue weighted by molar-refractivity contribution is 9.10. The number of halogens is 2. The molecule has 1 aliphatic heterocycles. The molecule has 0 saturated carbocycles. The van der Waals surface area contributed by atoms with E-state index in [2.05, 4.69) is 21.2 Å². The van der Waals surface area contributed by atoms with Gasteiger partial charge < -0.3 is 15.0 Å². The average Bonchev–Trinajstić information content (AvgIpc) is 2.22. The molecule has 110 valence electrons. The van der Waals surface area contributed by atoms with Gasteiger partial charge in [0, 0.05) is 17.6 Å². The van der Waals surface area contributed by atoms with Crippen molar-refractivity contribution in [2.24, 2.45) is 0 Å². The average molecular weight is 362 g/mol. The van der Waals surface area contributed by atoms with Gasteiger partial charge in [0.2, 0.25) is 0 Å². The first-order chi connectivity index (χ1) is 9.24. The van der Waals surface area contributed by atoms with Crippen molar-refractivity contribution in [1.82, 2.24) is 4.90 Å². The van der Waals surface area contributed by atoms with E-state index >= 15 is 0 Å². The molecule has 1 heterocycles. The van der Waals surface area contributed by atoms with E-state index in [4.69, 9.17) is 16.3 Å². The number of ether oxygens (including phenoxy) is 1. The molecule has 1 aromatic rings. The van der Waals surface area contributed by atoms with Gasteiger partial charge in [0.1, 0.15) is 5.60 Å². The molecule has 0 atom stereocenters. The van der Waals surface area contributed by atoms with Crippen molar-refractivity contribution in [3.8, 4) is 0 Å². The Hall–Kier alpha value is -0.940. The lowest BCUT2D eigenvalue weighted by Crippen LogP contribution is -2.57. The van der Waals surface area contributed by atoms with Gasteiger partial charge in [-0.25, -0.2) is 4.79 Å². The van der Waals surface area contributed by atoms with Crippen molar-refractivity contribution < 1.29 is 9.53 Å². The minimum absolute atomic E-state index is 0.209. The van der Waals surface area contributed by atoms with Crippen LogP contribution in [-0.4, -0.2) is 35.7 Å². The molecule has 0 aromatic heterocycles. The van der Waals surface area contributed by atoms with Crippen LogP contribution in [-0.2, 0) is 4.74 Å². The van der Waals surface area contributed by atoms with Crippen molar-refractivity contribution >= 4 is 39.3 Å². The monoisotopic (exact) mass is 360 g/mol. The summed E-state index contributed by atoms with van der Waals surface area (Å²) in [5, 5.41) is 3.98. The molecule has 1 saturated heterocycles. The molecule has 0 bridgehead atoms. The maximum atomic E-state index is 11.8. The Morgan fingerprint density at radius 2 is 2.10 bits per heavy atom. The third-order valence-electron chi connectivity index (χ3n) is 2.82. The molecule has 0 spiro atoms. The van der Waals surface area contributed by atoms with E-state index < -0.39 is 5.60 Å². The summed E-state index contributed by atoms with van der Waals surface area (Å²) < 4.78 is 6.25. The first-order valence-corrected chi connectivity index (χ1v) is 7.61. The fraction of sp³-hybridized carbons (Fsp3) is 0.500. The second-order valence-corrected chi connectivity index (χ2v) is 7.17. The summed E-state index contributed by atoms with van der Waals surface area (Å²) >= 11 is 9.51. The second kappa shape index (κ2) is 5.82. The van der Waals surface area contributed by atoms with E-state index in [9.17, 15) is 4.79 Å². The fourth-order valence-electron chi connectivity index (χ4n) is 1.87. The number of likely N-dealkylation sites (tertiary alicyclic amines) is 1. The Morgan fingerprint density at radius 1 is 1.45 bits per heavy atom. The molecular weight excluding hydrogens is 344 g/mol. The van der Waals surface area contributed by atoms with Gasteiger partial charge in [0.25, 0.3) is 0 Å². The lowest BCUT2D eigenvalue weighted by molar-refractivity contribution is 0.0105. The Kier molecular flexibility index (Phi) is 4.49. The highest BCUT2D eigenvalue weighted by atomic mass is 79.9. The van der Waals surface area contributed by atoms with E-state index in [0.717, 1.165) is 10.2 Å². The molecule has 2 rings (SSSR count). The molecule has 1 fully saturated rings. The van der Waals surface area contributed by atoms with Crippen LogP contribution in [0.3, 0.4) is 0 Å². The van der Waals surface area contributed by atoms with Crippen molar-refractivity contribution in [2.75, 3.05) is 18.4 Å². The Labute approximate surface area is 132 Å². The van der Waals surface area contributed by atoms with E-state index in [1.54, 1.807) is 4.90 Å². The van der Waals surface area contributed by atoms with Crippen LogP contribution in [0.4, 0.5) is 10.5 Å². The first kappa shape index (κ1) is 15.4. The van der Waals surface area contributed by atoms with E-state index in [1.807, 2.05) is 39.0 Å². The molecule has 0 radical (unpaired) electrons. The Balaban J connectivity index is 1.83. The van der Waals surface area contributed by atoms with Gasteiger partial charge >= 0.3 is 6.09 Å². The summed E-state index contributed by atoms with van der Waals surface area (Å²) in [5.41, 5.74) is 0.425. The van der Waals surface area contributed by atoms with Gasteiger partial charge in [-0.1, -0.05) is 27.5 Å². The summed E-state index contributed by atoms with van der Waals surface area (Å²) in [7, 11) is 0. The lowest BCUT2D eigenvalue weighted by atomic mass is 10.1. The quantitative estimate of drug-likeness (QED) is 0.861. The SMILES string of the molecule is CC(C)(C)OC(=O)N1CC(Nc2ccc(Br)cc2Cl)C1. The molecule has 4 nitrogen and oxygen atoms in total. The largest absolute Gasteiger partial charge is 0.444 e. The van der Waals surface area contributed by atoms with Gasteiger partial charge in [-0.05, 0) is 39.0 Å². The number of hydrogen-bond donors (Lipinski definition) is 1. The fourth-order valence-corrected chi connectivity index (χ4v) is 2.60. The normalized spacial score (nSPS) is 15.8. The molecule has 1 N–H and O–H groups in total. The molecule has 0 aliphatic carbocycles. The number of benzene rings is 1. The number of anilines is 1. The zero-order valence-corrected chi connectivity index (χ0v) is 14.1. The van der Waals surface area contributed by atoms with Crippen molar-refractivity contribution in [3.63, 3.8) is 0 Å². The summed E-state index contributed by atoms with van der Waals surface area (Å²) in [6.45, 7) is 6.84. The van der Waals surface area contributed by atoms with Gasteiger partial charge in [-0.3, -0.25) is 0 Å². The maximum Gasteiger partial charge on any atom is 0.410 e. The highest BCUT2D eigenvalue weighted by Crippen LogP contribution is 2.27. The predicted molar refractivity (Wildman–Crippen MR) is 84.4 cm³/mol. The van der Waals surface area contributed by atoms with E-state index in [-0.39, 0.29) is 12.1 Å². The van der Waals surface area contributed by atoms with Crippen LogP contribution in [0.25, 0.3) is 0 Å². The van der Waals surface area contributed by atoms with Crippen molar-refractivity contribution in [2.45, 2.75) is 32.4 Å². The summed E-state index contributed by atoms with van der Waals surface area (Å²) in [6.07, 6.45) is -0.266. The lowest BCUT2D eigenvalue weighted by Gasteiger charge is -2.40. The summed E-state index contributed by atoms with van der Waals surface area (Å²) in [4.78, 5) is 13.5. The number of carbonyl (C=O) groups excluding carboxylic acids is 1. The predicted octanol–water partition coefficient (Wildman–Crippen LogP) is 4.13. The zero-order valence-electron chi connectivity index (χ0n) is 11.7. The number of amides is 1. The van der Waals surface area contributed by atoms with Crippen LogP contribution in [0.2, 0.25) is 5.02 Å². The summed E-state index contributed by atoms with van der Waals surface area (Å²) in [5.74, 6) is 0. The molecule has 1 aromatic carbocycles. The third-order valence-corrected chi connectivity index (χ3v) is 3.63. The van der Waals surface area contributed by atoms with Crippen LogP contribution in [0.5, 0.6) is 0 Å². The standard InChI is InChI=1S/C14H18BrClN2O2/c1-14(2,3)20-13(19)18-7-10(8-18)17-12-5-4-9(15)6-11(12)16/h4-6,10,17H,7-8H2,1-3H3. The molecule has 6 heteroatoms. The van der Waals surface area contributed by atoms with E-state index in [1.165, 1.54) is 0 Å². The van der Waals surface area contributed by atoms with Gasteiger partial charge in [0.05, 0.1) is 16.8 Å². The van der Waals surface area contributed by atoms with Gasteiger partial charge in [-0.2, -0.15) is 0 Å². The van der Waals surface area contributed by atoms with Crippen LogP contribution in [0.15, 0.2) is 22.7 Å². The topological polar surface area (TPSA) is 41.6 Å². The molecule has 1 amide bonds. The second-order valence-electron chi connectivity index (χ2n) is 5.85. The van der Waals surface area contributed by atoms with Crippen LogP contribution < -0.4 is 5.32 Å². The van der Waals surface area contributed by atoms with Crippen LogP contribution in [0.1, 0.15) is 20.8 Å². The van der Waals surface area contributed by atoms with Crippen LogP contribution in [0, 0.1) is 0 Å². The van der Waals surface area contributed by atoms with Crippen LogP contribution >= 0.6 is 27.5 Å². The van der Waals surface area contributed by atoms with E-state index in [0.29, 0.717) is 18.1 Å². The molecular formula is C14H18BrClN2O2. The molecule has 0 unspecified atom stereocenters. The smallest absolute Gasteiger partial charge is 0.410 e. The number of hydrogen-bond acceptors (Lipinski definition) is 3. The van der Waals surface area contributed by atoms with Crippen molar-refractivity contribution in [3.05, 3.63) is 27.7 Å². The third kappa shape index (κ3) is 4.03. The summed E-state index contributed by atoms with van der Waals surface area (Å²) in [6, 6.07) is 5.90. The number of nitrogens with one attached hydrogen (secondary N) is 1. The minimum Gasteiger partial charge on any atom is -0.444 e. The molecule has 20 heavy (non-hydrogen) atoms. The molecule has 1 aliphatic rings. The highest BCUT2D eigenvalue weighted by Gasteiger charge is 2.33. The number of nitrogens with zero attached hydrogens (tertiary/aromatic N) is 1.